The zero-order chi connectivity index (χ0) is 19.9. The molecule has 0 aliphatic heterocycles. The quantitative estimate of drug-likeness (QED) is 0.384. The Labute approximate surface area is 170 Å². The molecule has 0 saturated heterocycles. The van der Waals surface area contributed by atoms with Crippen LogP contribution in [0.2, 0.25) is 0 Å². The number of carbonyl (C=O) groups excluding carboxylic acids is 1. The van der Waals surface area contributed by atoms with Crippen molar-refractivity contribution in [2.24, 2.45) is 0 Å². The highest BCUT2D eigenvalue weighted by molar-refractivity contribution is 6.00. The minimum Gasteiger partial charge on any atom is -0.488 e. The van der Waals surface area contributed by atoms with E-state index in [1.165, 1.54) is 0 Å². The van der Waals surface area contributed by atoms with Crippen LogP contribution < -0.4 is 4.74 Å². The predicted octanol–water partition coefficient (Wildman–Crippen LogP) is 5.75. The van der Waals surface area contributed by atoms with Crippen molar-refractivity contribution >= 4 is 5.78 Å². The van der Waals surface area contributed by atoms with Crippen LogP contribution in [0.5, 0.6) is 5.75 Å². The predicted molar refractivity (Wildman–Crippen MR) is 115 cm³/mol. The molecular formula is C26H21NO2. The fourth-order valence-electron chi connectivity index (χ4n) is 3.21. The van der Waals surface area contributed by atoms with E-state index in [0.717, 1.165) is 22.3 Å². The lowest BCUT2D eigenvalue weighted by Crippen LogP contribution is -2.07. The van der Waals surface area contributed by atoms with E-state index < -0.39 is 0 Å². The van der Waals surface area contributed by atoms with Crippen molar-refractivity contribution in [2.75, 3.05) is 0 Å². The van der Waals surface area contributed by atoms with Crippen molar-refractivity contribution in [3.8, 4) is 16.9 Å². The molecule has 0 fully saturated rings. The number of pyridine rings is 1. The van der Waals surface area contributed by atoms with Gasteiger partial charge >= 0.3 is 0 Å². The van der Waals surface area contributed by atoms with Crippen LogP contribution in [-0.4, -0.2) is 10.8 Å². The number of nitrogens with zero attached hydrogens (tertiary/aromatic N) is 1. The summed E-state index contributed by atoms with van der Waals surface area (Å²) in [6.45, 7) is 0.409. The molecule has 0 amide bonds. The Balaban J connectivity index is 1.64. The summed E-state index contributed by atoms with van der Waals surface area (Å²) in [5.74, 6) is 0.643. The SMILES string of the molecule is O=C(Cc1ccccc1)c1ccc(-c2ccncc2)cc1OCc1ccccc1. The van der Waals surface area contributed by atoms with Gasteiger partial charge in [0.05, 0.1) is 5.56 Å². The summed E-state index contributed by atoms with van der Waals surface area (Å²) in [5, 5.41) is 0. The van der Waals surface area contributed by atoms with E-state index in [9.17, 15) is 4.79 Å². The zero-order valence-electron chi connectivity index (χ0n) is 16.0. The molecule has 0 aliphatic rings. The molecule has 0 atom stereocenters. The number of aromatic nitrogens is 1. The lowest BCUT2D eigenvalue weighted by molar-refractivity contribution is 0.0988. The van der Waals surface area contributed by atoms with Gasteiger partial charge in [-0.05, 0) is 46.5 Å². The third-order valence-electron chi connectivity index (χ3n) is 4.74. The van der Waals surface area contributed by atoms with Gasteiger partial charge in [0.15, 0.2) is 5.78 Å². The fourth-order valence-corrected chi connectivity index (χ4v) is 3.21. The first-order valence-electron chi connectivity index (χ1n) is 9.58. The Morgan fingerprint density at radius 1 is 0.724 bits per heavy atom. The molecule has 4 rings (SSSR count). The van der Waals surface area contributed by atoms with Gasteiger partial charge < -0.3 is 4.74 Å². The first-order chi connectivity index (χ1) is 14.3. The van der Waals surface area contributed by atoms with Crippen LogP contribution in [0.4, 0.5) is 0 Å². The largest absolute Gasteiger partial charge is 0.488 e. The topological polar surface area (TPSA) is 39.2 Å². The van der Waals surface area contributed by atoms with Crippen molar-refractivity contribution < 1.29 is 9.53 Å². The molecule has 0 radical (unpaired) electrons. The average Bonchev–Trinajstić information content (AvgIpc) is 2.79. The summed E-state index contributed by atoms with van der Waals surface area (Å²) < 4.78 is 6.11. The number of ketones is 1. The van der Waals surface area contributed by atoms with Gasteiger partial charge in [-0.15, -0.1) is 0 Å². The summed E-state index contributed by atoms with van der Waals surface area (Å²) in [6.07, 6.45) is 3.86. The third kappa shape index (κ3) is 4.77. The number of Topliss-reactive ketones (excluding diaryl/α,β-unsaturated/α-hetero) is 1. The van der Waals surface area contributed by atoms with Gasteiger partial charge in [-0.2, -0.15) is 0 Å². The van der Waals surface area contributed by atoms with E-state index in [0.29, 0.717) is 24.3 Å². The second-order valence-corrected chi connectivity index (χ2v) is 6.81. The molecular weight excluding hydrogens is 358 g/mol. The molecule has 3 nitrogen and oxygen atoms in total. The van der Waals surface area contributed by atoms with Gasteiger partial charge in [-0.25, -0.2) is 0 Å². The summed E-state index contributed by atoms with van der Waals surface area (Å²) >= 11 is 0. The van der Waals surface area contributed by atoms with Crippen LogP contribution in [0.25, 0.3) is 11.1 Å². The van der Waals surface area contributed by atoms with Crippen LogP contribution in [0.1, 0.15) is 21.5 Å². The third-order valence-corrected chi connectivity index (χ3v) is 4.74. The first-order valence-corrected chi connectivity index (χ1v) is 9.58. The lowest BCUT2D eigenvalue weighted by atomic mass is 9.98. The van der Waals surface area contributed by atoms with Crippen molar-refractivity contribution in [1.29, 1.82) is 0 Å². The molecule has 4 aromatic rings. The van der Waals surface area contributed by atoms with Crippen LogP contribution in [0.15, 0.2) is 103 Å². The number of hydrogen-bond acceptors (Lipinski definition) is 3. The van der Waals surface area contributed by atoms with E-state index in [4.69, 9.17) is 4.74 Å². The Morgan fingerprint density at radius 2 is 1.38 bits per heavy atom. The van der Waals surface area contributed by atoms with Crippen molar-refractivity contribution in [2.45, 2.75) is 13.0 Å². The van der Waals surface area contributed by atoms with E-state index in [-0.39, 0.29) is 5.78 Å². The Kier molecular flexibility index (Phi) is 5.77. The van der Waals surface area contributed by atoms with Gasteiger partial charge in [-0.1, -0.05) is 66.7 Å². The van der Waals surface area contributed by atoms with Crippen molar-refractivity contribution in [1.82, 2.24) is 4.98 Å². The zero-order valence-corrected chi connectivity index (χ0v) is 16.0. The number of hydrogen-bond donors (Lipinski definition) is 0. The molecule has 0 aliphatic carbocycles. The maximum atomic E-state index is 13.0. The molecule has 0 N–H and O–H groups in total. The number of rotatable bonds is 7. The fraction of sp³-hybridized carbons (Fsp3) is 0.0769. The summed E-state index contributed by atoms with van der Waals surface area (Å²) in [5.41, 5.74) is 4.67. The molecule has 0 unspecified atom stereocenters. The van der Waals surface area contributed by atoms with Crippen molar-refractivity contribution in [3.05, 3.63) is 120 Å². The highest BCUT2D eigenvalue weighted by Crippen LogP contribution is 2.29. The van der Waals surface area contributed by atoms with Gasteiger partial charge in [0.1, 0.15) is 12.4 Å². The summed E-state index contributed by atoms with van der Waals surface area (Å²) in [7, 11) is 0. The van der Waals surface area contributed by atoms with E-state index in [2.05, 4.69) is 4.98 Å². The maximum absolute atomic E-state index is 13.0. The van der Waals surface area contributed by atoms with Crippen LogP contribution in [0, 0.1) is 0 Å². The average molecular weight is 379 g/mol. The first kappa shape index (κ1) is 18.6. The molecule has 3 aromatic carbocycles. The highest BCUT2D eigenvalue weighted by atomic mass is 16.5. The molecule has 29 heavy (non-hydrogen) atoms. The number of ether oxygens (including phenoxy) is 1. The second kappa shape index (κ2) is 8.98. The van der Waals surface area contributed by atoms with Crippen LogP contribution >= 0.6 is 0 Å². The van der Waals surface area contributed by atoms with E-state index in [1.54, 1.807) is 12.4 Å². The maximum Gasteiger partial charge on any atom is 0.170 e. The summed E-state index contributed by atoms with van der Waals surface area (Å²) in [6, 6.07) is 29.4. The highest BCUT2D eigenvalue weighted by Gasteiger charge is 2.15. The second-order valence-electron chi connectivity index (χ2n) is 6.81. The molecule has 142 valence electrons. The molecule has 1 heterocycles. The van der Waals surface area contributed by atoms with Gasteiger partial charge in [0.2, 0.25) is 0 Å². The van der Waals surface area contributed by atoms with Crippen LogP contribution in [0.3, 0.4) is 0 Å². The van der Waals surface area contributed by atoms with E-state index in [1.807, 2.05) is 91.0 Å². The Bertz CT molecular complexity index is 1080. The van der Waals surface area contributed by atoms with E-state index >= 15 is 0 Å². The Morgan fingerprint density at radius 3 is 2.07 bits per heavy atom. The van der Waals surface area contributed by atoms with Gasteiger partial charge in [0, 0.05) is 18.8 Å². The number of carbonyl (C=O) groups is 1. The van der Waals surface area contributed by atoms with Crippen molar-refractivity contribution in [3.63, 3.8) is 0 Å². The minimum absolute atomic E-state index is 0.0422. The standard InChI is InChI=1S/C26H21NO2/c28-25(17-20-7-3-1-4-8-20)24-12-11-23(22-13-15-27-16-14-22)18-26(24)29-19-21-9-5-2-6-10-21/h1-16,18H,17,19H2. The molecule has 3 heteroatoms. The monoisotopic (exact) mass is 379 g/mol. The normalized spacial score (nSPS) is 10.5. The van der Waals surface area contributed by atoms with Gasteiger partial charge in [0.25, 0.3) is 0 Å². The molecule has 0 bridgehead atoms. The molecule has 1 aromatic heterocycles. The number of benzene rings is 3. The molecule has 0 saturated carbocycles. The smallest absolute Gasteiger partial charge is 0.170 e. The van der Waals surface area contributed by atoms with Crippen LogP contribution in [-0.2, 0) is 13.0 Å². The lowest BCUT2D eigenvalue weighted by Gasteiger charge is -2.13. The minimum atomic E-state index is 0.0422. The summed E-state index contributed by atoms with van der Waals surface area (Å²) in [4.78, 5) is 17.1. The molecule has 0 spiro atoms. The van der Waals surface area contributed by atoms with Gasteiger partial charge in [-0.3, -0.25) is 9.78 Å². The Hall–Kier alpha value is -3.72.